The van der Waals surface area contributed by atoms with Crippen molar-refractivity contribution >= 4 is 17.5 Å². The lowest BCUT2D eigenvalue weighted by Crippen LogP contribution is -2.47. The van der Waals surface area contributed by atoms with E-state index in [1.165, 1.54) is 0 Å². The zero-order chi connectivity index (χ0) is 17.8. The maximum Gasteiger partial charge on any atom is 0.293 e. The summed E-state index contributed by atoms with van der Waals surface area (Å²) in [6.07, 6.45) is 3.74. The number of hydrogen-bond donors (Lipinski definition) is 1. The Hall–Kier alpha value is -1.92. The first-order valence-corrected chi connectivity index (χ1v) is 9.19. The summed E-state index contributed by atoms with van der Waals surface area (Å²) in [5.41, 5.74) is 0.755. The molecule has 0 aliphatic carbocycles. The molecule has 1 fully saturated rings. The summed E-state index contributed by atoms with van der Waals surface area (Å²) in [4.78, 5) is 19.2. The van der Waals surface area contributed by atoms with Gasteiger partial charge in [-0.25, -0.2) is 9.67 Å². The average molecular weight is 362 g/mol. The monoisotopic (exact) mass is 361 g/mol. The number of nitrogens with zero attached hydrogens (tertiary/aromatic N) is 4. The highest BCUT2D eigenvalue weighted by molar-refractivity contribution is 6.32. The third-order valence-corrected chi connectivity index (χ3v) is 4.86. The van der Waals surface area contributed by atoms with Gasteiger partial charge in [-0.15, -0.1) is 5.10 Å². The Morgan fingerprint density at radius 2 is 2.20 bits per heavy atom. The molecule has 134 valence electrons. The minimum atomic E-state index is -0.108. The van der Waals surface area contributed by atoms with Gasteiger partial charge >= 0.3 is 0 Å². The molecule has 0 bridgehead atoms. The predicted octanol–water partition coefficient (Wildman–Crippen LogP) is 2.70. The number of carbonyl (C=O) groups is 1. The highest BCUT2D eigenvalue weighted by Crippen LogP contribution is 2.21. The van der Waals surface area contributed by atoms with Crippen molar-refractivity contribution in [1.29, 1.82) is 0 Å². The molecule has 2 aromatic rings. The van der Waals surface area contributed by atoms with Crippen LogP contribution in [0, 0.1) is 0 Å². The molecule has 1 saturated heterocycles. The van der Waals surface area contributed by atoms with Crippen LogP contribution in [0.4, 0.5) is 0 Å². The smallest absolute Gasteiger partial charge is 0.293 e. The van der Waals surface area contributed by atoms with Crippen molar-refractivity contribution < 1.29 is 4.79 Å². The number of rotatable bonds is 5. The van der Waals surface area contributed by atoms with Crippen LogP contribution in [-0.4, -0.2) is 51.8 Å². The number of carbonyl (C=O) groups excluding carboxylic acids is 1. The molecule has 1 unspecified atom stereocenters. The largest absolute Gasteiger partial charge is 0.334 e. The van der Waals surface area contributed by atoms with Gasteiger partial charge in [-0.3, -0.25) is 4.79 Å². The van der Waals surface area contributed by atoms with Gasteiger partial charge in [0.15, 0.2) is 0 Å². The van der Waals surface area contributed by atoms with Crippen LogP contribution < -0.4 is 5.32 Å². The van der Waals surface area contributed by atoms with Gasteiger partial charge in [0.05, 0.1) is 10.7 Å². The quantitative estimate of drug-likeness (QED) is 0.889. The predicted molar refractivity (Wildman–Crippen MR) is 98.3 cm³/mol. The van der Waals surface area contributed by atoms with Crippen molar-refractivity contribution in [2.75, 3.05) is 20.1 Å². The molecule has 1 amide bonds. The molecule has 2 heterocycles. The Balaban J connectivity index is 1.91. The third-order valence-electron chi connectivity index (χ3n) is 4.54. The normalized spacial score (nSPS) is 17.7. The van der Waals surface area contributed by atoms with Crippen molar-refractivity contribution in [3.63, 3.8) is 0 Å². The molecule has 0 radical (unpaired) electrons. The van der Waals surface area contributed by atoms with Crippen LogP contribution in [0.1, 0.15) is 42.6 Å². The van der Waals surface area contributed by atoms with Gasteiger partial charge in [0, 0.05) is 25.6 Å². The summed E-state index contributed by atoms with van der Waals surface area (Å²) >= 11 is 6.31. The zero-order valence-corrected chi connectivity index (χ0v) is 15.5. The van der Waals surface area contributed by atoms with E-state index in [0.717, 1.165) is 43.7 Å². The number of para-hydroxylation sites is 1. The van der Waals surface area contributed by atoms with Crippen molar-refractivity contribution in [3.05, 3.63) is 40.9 Å². The molecule has 1 aromatic carbocycles. The Morgan fingerprint density at radius 3 is 2.92 bits per heavy atom. The molecule has 0 saturated carbocycles. The van der Waals surface area contributed by atoms with Gasteiger partial charge in [-0.05, 0) is 38.4 Å². The van der Waals surface area contributed by atoms with Gasteiger partial charge < -0.3 is 10.2 Å². The van der Waals surface area contributed by atoms with Crippen LogP contribution in [-0.2, 0) is 6.42 Å². The highest BCUT2D eigenvalue weighted by atomic mass is 35.5. The first-order chi connectivity index (χ1) is 12.1. The summed E-state index contributed by atoms with van der Waals surface area (Å²) in [6.45, 7) is 3.52. The number of likely N-dealkylation sites (tertiary alicyclic amines) is 1. The average Bonchev–Trinajstić information content (AvgIpc) is 3.05. The van der Waals surface area contributed by atoms with E-state index in [-0.39, 0.29) is 11.7 Å². The maximum atomic E-state index is 12.9. The van der Waals surface area contributed by atoms with Crippen LogP contribution in [0.5, 0.6) is 0 Å². The fourth-order valence-electron chi connectivity index (χ4n) is 3.18. The molecule has 25 heavy (non-hydrogen) atoms. The zero-order valence-electron chi connectivity index (χ0n) is 14.7. The standard InChI is InChI=1S/C18H24ClN5O/c1-3-7-16-21-17(18(25)23-11-6-8-13(12-23)20-2)22-24(16)15-10-5-4-9-14(15)19/h4-5,9-10,13,20H,3,6-8,11-12H2,1-2H3. The SMILES string of the molecule is CCCc1nc(C(=O)N2CCCC(NC)C2)nn1-c1ccccc1Cl. The molecule has 6 nitrogen and oxygen atoms in total. The fraction of sp³-hybridized carbons (Fsp3) is 0.500. The minimum absolute atomic E-state index is 0.108. The van der Waals surface area contributed by atoms with Crippen molar-refractivity contribution in [3.8, 4) is 5.69 Å². The van der Waals surface area contributed by atoms with Crippen molar-refractivity contribution in [2.24, 2.45) is 0 Å². The second-order valence-corrected chi connectivity index (χ2v) is 6.75. The number of aryl methyl sites for hydroxylation is 1. The molecular formula is C18H24ClN5O. The Morgan fingerprint density at radius 1 is 1.40 bits per heavy atom. The van der Waals surface area contributed by atoms with Gasteiger partial charge in [-0.1, -0.05) is 30.7 Å². The number of nitrogens with one attached hydrogen (secondary N) is 1. The third kappa shape index (κ3) is 3.85. The number of likely N-dealkylation sites (N-methyl/N-ethyl adjacent to an activating group) is 1. The maximum absolute atomic E-state index is 12.9. The minimum Gasteiger partial charge on any atom is -0.334 e. The molecule has 3 rings (SSSR count). The summed E-state index contributed by atoms with van der Waals surface area (Å²) < 4.78 is 1.71. The Kier molecular flexibility index (Phi) is 5.71. The number of hydrogen-bond acceptors (Lipinski definition) is 4. The van der Waals surface area contributed by atoms with Crippen LogP contribution in [0.3, 0.4) is 0 Å². The van der Waals surface area contributed by atoms with Crippen LogP contribution >= 0.6 is 11.6 Å². The second kappa shape index (κ2) is 7.97. The molecule has 7 heteroatoms. The van der Waals surface area contributed by atoms with Gasteiger partial charge in [0.25, 0.3) is 5.91 Å². The van der Waals surface area contributed by atoms with E-state index in [1.54, 1.807) is 4.68 Å². The summed E-state index contributed by atoms with van der Waals surface area (Å²) in [7, 11) is 1.93. The van der Waals surface area contributed by atoms with Gasteiger partial charge in [0.2, 0.25) is 5.82 Å². The van der Waals surface area contributed by atoms with E-state index in [9.17, 15) is 4.79 Å². The van der Waals surface area contributed by atoms with E-state index < -0.39 is 0 Å². The lowest BCUT2D eigenvalue weighted by Gasteiger charge is -2.31. The van der Waals surface area contributed by atoms with E-state index >= 15 is 0 Å². The van der Waals surface area contributed by atoms with E-state index in [4.69, 9.17) is 11.6 Å². The Labute approximate surface area is 153 Å². The highest BCUT2D eigenvalue weighted by Gasteiger charge is 2.27. The number of amides is 1. The second-order valence-electron chi connectivity index (χ2n) is 6.34. The molecule has 0 spiro atoms. The van der Waals surface area contributed by atoms with Gasteiger partial charge in [-0.2, -0.15) is 0 Å². The summed E-state index contributed by atoms with van der Waals surface area (Å²) in [5, 5.41) is 8.34. The molecular weight excluding hydrogens is 338 g/mol. The summed E-state index contributed by atoms with van der Waals surface area (Å²) in [5.74, 6) is 0.907. The first kappa shape index (κ1) is 17.9. The van der Waals surface area contributed by atoms with Crippen molar-refractivity contribution in [1.82, 2.24) is 25.0 Å². The molecule has 1 aromatic heterocycles. The lowest BCUT2D eigenvalue weighted by atomic mass is 10.1. The number of benzene rings is 1. The van der Waals surface area contributed by atoms with E-state index in [2.05, 4.69) is 22.3 Å². The summed E-state index contributed by atoms with van der Waals surface area (Å²) in [6, 6.07) is 7.82. The van der Waals surface area contributed by atoms with Crippen molar-refractivity contribution in [2.45, 2.75) is 38.6 Å². The fourth-order valence-corrected chi connectivity index (χ4v) is 3.39. The number of halogens is 1. The first-order valence-electron chi connectivity index (χ1n) is 8.81. The van der Waals surface area contributed by atoms with E-state index in [1.807, 2.05) is 36.2 Å². The van der Waals surface area contributed by atoms with Gasteiger partial charge in [0.1, 0.15) is 5.82 Å². The molecule has 1 atom stereocenters. The van der Waals surface area contributed by atoms with E-state index in [0.29, 0.717) is 17.6 Å². The molecule has 1 aliphatic heterocycles. The van der Waals surface area contributed by atoms with Crippen LogP contribution in [0.15, 0.2) is 24.3 Å². The molecule has 1 N–H and O–H groups in total. The Bertz CT molecular complexity index is 745. The van der Waals surface area contributed by atoms with Crippen LogP contribution in [0.25, 0.3) is 5.69 Å². The lowest BCUT2D eigenvalue weighted by molar-refractivity contribution is 0.0686. The number of piperidine rings is 1. The topological polar surface area (TPSA) is 63.1 Å². The molecule has 1 aliphatic rings. The van der Waals surface area contributed by atoms with Crippen LogP contribution in [0.2, 0.25) is 5.02 Å². The number of aromatic nitrogens is 3.